The molecular formula is C24H34N6. The van der Waals surface area contributed by atoms with Crippen molar-refractivity contribution in [2.75, 3.05) is 37.6 Å². The summed E-state index contributed by atoms with van der Waals surface area (Å²) in [6.45, 7) is 12.2. The van der Waals surface area contributed by atoms with Gasteiger partial charge < -0.3 is 9.80 Å². The SMILES string of the molecule is CCCCN1CCCN(c2nc(CC(C)C)nc3c2cnn3-c2ccccc2)CC1. The third kappa shape index (κ3) is 4.64. The first-order chi connectivity index (χ1) is 14.7. The summed E-state index contributed by atoms with van der Waals surface area (Å²) in [6, 6.07) is 10.3. The lowest BCUT2D eigenvalue weighted by Crippen LogP contribution is -2.32. The van der Waals surface area contributed by atoms with Crippen molar-refractivity contribution in [1.29, 1.82) is 0 Å². The number of aromatic nitrogens is 4. The Morgan fingerprint density at radius 2 is 1.83 bits per heavy atom. The molecule has 1 saturated heterocycles. The van der Waals surface area contributed by atoms with Gasteiger partial charge in [-0.25, -0.2) is 14.6 Å². The number of hydrogen-bond donors (Lipinski definition) is 0. The second-order valence-corrected chi connectivity index (χ2v) is 8.73. The van der Waals surface area contributed by atoms with Crippen LogP contribution in [0.15, 0.2) is 36.5 Å². The first-order valence-corrected chi connectivity index (χ1v) is 11.4. The van der Waals surface area contributed by atoms with Gasteiger partial charge in [0.15, 0.2) is 5.65 Å². The summed E-state index contributed by atoms with van der Waals surface area (Å²) in [5.74, 6) is 2.48. The first kappa shape index (κ1) is 20.8. The number of fused-ring (bicyclic) bond motifs is 1. The van der Waals surface area contributed by atoms with E-state index in [1.165, 1.54) is 32.4 Å². The lowest BCUT2D eigenvalue weighted by Gasteiger charge is -2.24. The number of rotatable bonds is 7. The van der Waals surface area contributed by atoms with Gasteiger partial charge in [0.2, 0.25) is 0 Å². The molecule has 6 nitrogen and oxygen atoms in total. The third-order valence-corrected chi connectivity index (χ3v) is 5.76. The smallest absolute Gasteiger partial charge is 0.168 e. The van der Waals surface area contributed by atoms with E-state index in [2.05, 4.69) is 42.7 Å². The fraction of sp³-hybridized carbons (Fsp3) is 0.542. The normalized spacial score (nSPS) is 15.8. The van der Waals surface area contributed by atoms with Crippen LogP contribution in [0.4, 0.5) is 5.82 Å². The number of benzene rings is 1. The van der Waals surface area contributed by atoms with Crippen molar-refractivity contribution in [2.24, 2.45) is 5.92 Å². The van der Waals surface area contributed by atoms with Crippen LogP contribution < -0.4 is 4.90 Å². The van der Waals surface area contributed by atoms with Gasteiger partial charge in [0.1, 0.15) is 11.6 Å². The van der Waals surface area contributed by atoms with Crippen molar-refractivity contribution >= 4 is 16.9 Å². The predicted octanol–water partition coefficient (Wildman–Crippen LogP) is 4.33. The van der Waals surface area contributed by atoms with E-state index in [4.69, 9.17) is 15.1 Å². The Balaban J connectivity index is 1.70. The van der Waals surface area contributed by atoms with Gasteiger partial charge in [-0.15, -0.1) is 0 Å². The quantitative estimate of drug-likeness (QED) is 0.585. The number of para-hydroxylation sites is 1. The average molecular weight is 407 g/mol. The van der Waals surface area contributed by atoms with Crippen molar-refractivity contribution in [2.45, 2.75) is 46.5 Å². The fourth-order valence-corrected chi connectivity index (χ4v) is 4.18. The Morgan fingerprint density at radius 1 is 1.00 bits per heavy atom. The van der Waals surface area contributed by atoms with E-state index in [1.807, 2.05) is 29.1 Å². The van der Waals surface area contributed by atoms with Gasteiger partial charge in [0.05, 0.1) is 17.3 Å². The highest BCUT2D eigenvalue weighted by molar-refractivity contribution is 5.88. The summed E-state index contributed by atoms with van der Waals surface area (Å²) in [6.07, 6.45) is 6.52. The van der Waals surface area contributed by atoms with Crippen molar-refractivity contribution in [3.05, 3.63) is 42.4 Å². The van der Waals surface area contributed by atoms with Crippen molar-refractivity contribution in [3.8, 4) is 5.69 Å². The largest absolute Gasteiger partial charge is 0.355 e. The Kier molecular flexibility index (Phi) is 6.62. The van der Waals surface area contributed by atoms with Gasteiger partial charge in [0, 0.05) is 26.1 Å². The van der Waals surface area contributed by atoms with E-state index < -0.39 is 0 Å². The maximum Gasteiger partial charge on any atom is 0.168 e. The molecular weight excluding hydrogens is 372 g/mol. The van der Waals surface area contributed by atoms with Crippen molar-refractivity contribution in [1.82, 2.24) is 24.6 Å². The van der Waals surface area contributed by atoms with Crippen LogP contribution in [0.25, 0.3) is 16.7 Å². The second-order valence-electron chi connectivity index (χ2n) is 8.73. The minimum Gasteiger partial charge on any atom is -0.355 e. The van der Waals surface area contributed by atoms with Crippen LogP contribution in [0.2, 0.25) is 0 Å². The van der Waals surface area contributed by atoms with Crippen LogP contribution in [0.1, 0.15) is 45.9 Å². The minimum absolute atomic E-state index is 0.511. The standard InChI is InChI=1S/C24H34N6/c1-4-5-12-28-13-9-14-29(16-15-28)23-21-18-25-30(20-10-7-6-8-11-20)24(21)27-22(26-23)17-19(2)3/h6-8,10-11,18-19H,4-5,9,12-17H2,1-3H3. The van der Waals surface area contributed by atoms with Crippen LogP contribution in [0, 0.1) is 5.92 Å². The maximum atomic E-state index is 5.04. The highest BCUT2D eigenvalue weighted by atomic mass is 15.3. The zero-order chi connectivity index (χ0) is 20.9. The Morgan fingerprint density at radius 3 is 2.60 bits per heavy atom. The summed E-state index contributed by atoms with van der Waals surface area (Å²) in [4.78, 5) is 15.0. The number of nitrogens with zero attached hydrogens (tertiary/aromatic N) is 6. The molecule has 3 heterocycles. The first-order valence-electron chi connectivity index (χ1n) is 11.4. The molecule has 1 aliphatic rings. The molecule has 1 fully saturated rings. The molecule has 0 saturated carbocycles. The second kappa shape index (κ2) is 9.56. The molecule has 0 N–H and O–H groups in total. The molecule has 30 heavy (non-hydrogen) atoms. The fourth-order valence-electron chi connectivity index (χ4n) is 4.18. The van der Waals surface area contributed by atoms with Gasteiger partial charge in [-0.3, -0.25) is 0 Å². The Bertz CT molecular complexity index is 949. The molecule has 1 aromatic carbocycles. The molecule has 2 aromatic heterocycles. The molecule has 0 spiro atoms. The highest BCUT2D eigenvalue weighted by Crippen LogP contribution is 2.27. The van der Waals surface area contributed by atoms with Gasteiger partial charge in [-0.2, -0.15) is 5.10 Å². The molecule has 0 aliphatic carbocycles. The third-order valence-electron chi connectivity index (χ3n) is 5.76. The zero-order valence-electron chi connectivity index (χ0n) is 18.6. The van der Waals surface area contributed by atoms with Gasteiger partial charge in [-0.05, 0) is 44.0 Å². The van der Waals surface area contributed by atoms with Crippen LogP contribution in [-0.4, -0.2) is 57.4 Å². The lowest BCUT2D eigenvalue weighted by atomic mass is 10.1. The molecule has 160 valence electrons. The van der Waals surface area contributed by atoms with E-state index in [-0.39, 0.29) is 0 Å². The van der Waals surface area contributed by atoms with Crippen LogP contribution in [-0.2, 0) is 6.42 Å². The zero-order valence-corrected chi connectivity index (χ0v) is 18.6. The summed E-state index contributed by atoms with van der Waals surface area (Å²) in [5, 5.41) is 5.75. The molecule has 4 rings (SSSR count). The molecule has 0 bridgehead atoms. The molecule has 0 radical (unpaired) electrons. The summed E-state index contributed by atoms with van der Waals surface area (Å²) in [5.41, 5.74) is 1.95. The molecule has 0 atom stereocenters. The monoisotopic (exact) mass is 406 g/mol. The molecule has 1 aliphatic heterocycles. The van der Waals surface area contributed by atoms with E-state index in [1.54, 1.807) is 0 Å². The van der Waals surface area contributed by atoms with Gasteiger partial charge in [0.25, 0.3) is 0 Å². The average Bonchev–Trinajstić information content (AvgIpc) is 3.02. The molecule has 0 unspecified atom stereocenters. The Labute approximate surface area is 179 Å². The van der Waals surface area contributed by atoms with Gasteiger partial charge in [-0.1, -0.05) is 45.4 Å². The maximum absolute atomic E-state index is 5.04. The van der Waals surface area contributed by atoms with Crippen molar-refractivity contribution in [3.63, 3.8) is 0 Å². The molecule has 6 heteroatoms. The molecule has 0 amide bonds. The topological polar surface area (TPSA) is 50.1 Å². The lowest BCUT2D eigenvalue weighted by molar-refractivity contribution is 0.289. The summed E-state index contributed by atoms with van der Waals surface area (Å²) >= 11 is 0. The highest BCUT2D eigenvalue weighted by Gasteiger charge is 2.21. The minimum atomic E-state index is 0.511. The van der Waals surface area contributed by atoms with E-state index in [0.29, 0.717) is 5.92 Å². The van der Waals surface area contributed by atoms with Crippen LogP contribution >= 0.6 is 0 Å². The Hall–Kier alpha value is -2.47. The van der Waals surface area contributed by atoms with Crippen LogP contribution in [0.3, 0.4) is 0 Å². The van der Waals surface area contributed by atoms with Crippen molar-refractivity contribution < 1.29 is 0 Å². The van der Waals surface area contributed by atoms with E-state index in [0.717, 1.165) is 54.4 Å². The number of hydrogen-bond acceptors (Lipinski definition) is 5. The number of anilines is 1. The number of unbranched alkanes of at least 4 members (excludes halogenated alkanes) is 1. The predicted molar refractivity (Wildman–Crippen MR) is 123 cm³/mol. The summed E-state index contributed by atoms with van der Waals surface area (Å²) in [7, 11) is 0. The van der Waals surface area contributed by atoms with E-state index >= 15 is 0 Å². The van der Waals surface area contributed by atoms with Crippen LogP contribution in [0.5, 0.6) is 0 Å². The van der Waals surface area contributed by atoms with Gasteiger partial charge >= 0.3 is 0 Å². The van der Waals surface area contributed by atoms with E-state index in [9.17, 15) is 0 Å². The summed E-state index contributed by atoms with van der Waals surface area (Å²) < 4.78 is 1.95. The molecule has 3 aromatic rings.